The molecule has 0 fully saturated rings. The van der Waals surface area contributed by atoms with Crippen LogP contribution in [0.2, 0.25) is 0 Å². The summed E-state index contributed by atoms with van der Waals surface area (Å²) in [6, 6.07) is 11.4. The van der Waals surface area contributed by atoms with Gasteiger partial charge >= 0.3 is 7.32 Å². The number of hydrogen-bond acceptors (Lipinski definition) is 5. The molecular weight excluding hydrogens is 374 g/mol. The quantitative estimate of drug-likeness (QED) is 0.307. The molecule has 3 rings (SSSR count). The van der Waals surface area contributed by atoms with E-state index in [-0.39, 0.29) is 0 Å². The van der Waals surface area contributed by atoms with Gasteiger partial charge in [-0.05, 0) is 24.3 Å². The number of benzene rings is 1. The topological polar surface area (TPSA) is 75.5 Å². The zero-order valence-electron chi connectivity index (χ0n) is 13.4. The SMILES string of the molecule is OB(O)Oc1c(F)c(F)c(F)c(F)c1F.c1ccncc1.c1ccncc1. The third-order valence-corrected chi connectivity index (χ3v) is 2.53. The van der Waals surface area contributed by atoms with Gasteiger partial charge in [0.25, 0.3) is 0 Å². The lowest BCUT2D eigenvalue weighted by atomic mass is 10.2. The lowest BCUT2D eigenvalue weighted by molar-refractivity contribution is 0.263. The van der Waals surface area contributed by atoms with Crippen LogP contribution in [-0.4, -0.2) is 27.3 Å². The molecular formula is C16H12BF5N2O3. The first-order valence-electron chi connectivity index (χ1n) is 7.10. The molecule has 2 N–H and O–H groups in total. The summed E-state index contributed by atoms with van der Waals surface area (Å²) < 4.78 is 66.3. The van der Waals surface area contributed by atoms with Crippen molar-refractivity contribution in [2.75, 3.05) is 0 Å². The molecule has 2 heterocycles. The van der Waals surface area contributed by atoms with Gasteiger partial charge in [-0.2, -0.15) is 8.78 Å². The van der Waals surface area contributed by atoms with Crippen LogP contribution in [0.1, 0.15) is 0 Å². The second-order valence-electron chi connectivity index (χ2n) is 4.39. The minimum atomic E-state index is -2.70. The van der Waals surface area contributed by atoms with E-state index < -0.39 is 42.2 Å². The zero-order chi connectivity index (χ0) is 20.2. The second kappa shape index (κ2) is 11.5. The molecule has 142 valence electrons. The van der Waals surface area contributed by atoms with Gasteiger partial charge in [-0.25, -0.2) is 13.2 Å². The first kappa shape index (κ1) is 22.0. The first-order valence-corrected chi connectivity index (χ1v) is 7.10. The molecule has 0 aliphatic rings. The van der Waals surface area contributed by atoms with Crippen molar-refractivity contribution in [2.24, 2.45) is 0 Å². The maximum Gasteiger partial charge on any atom is 0.707 e. The minimum absolute atomic E-state index is 1.75. The van der Waals surface area contributed by atoms with Gasteiger partial charge in [-0.15, -0.1) is 0 Å². The predicted molar refractivity (Wildman–Crippen MR) is 85.5 cm³/mol. The zero-order valence-corrected chi connectivity index (χ0v) is 13.4. The standard InChI is InChI=1S/C6H2BF5O3.2C5H5N/c8-1-2(9)4(11)6(15-7(13)14)5(12)3(1)10;2*1-2-4-6-5-3-1/h13-14H;2*1-5H. The second-order valence-corrected chi connectivity index (χ2v) is 4.39. The summed E-state index contributed by atoms with van der Waals surface area (Å²) in [6.07, 6.45) is 7.00. The first-order chi connectivity index (χ1) is 12.9. The van der Waals surface area contributed by atoms with Crippen LogP contribution in [0.4, 0.5) is 22.0 Å². The monoisotopic (exact) mass is 386 g/mol. The van der Waals surface area contributed by atoms with E-state index in [4.69, 9.17) is 10.0 Å². The van der Waals surface area contributed by atoms with E-state index in [1.807, 2.05) is 36.4 Å². The molecule has 1 aromatic carbocycles. The molecule has 0 spiro atoms. The molecule has 0 atom stereocenters. The van der Waals surface area contributed by atoms with Crippen molar-refractivity contribution in [3.05, 3.63) is 90.3 Å². The number of nitrogens with zero attached hydrogens (tertiary/aromatic N) is 2. The van der Waals surface area contributed by atoms with Crippen LogP contribution in [-0.2, 0) is 0 Å². The Labute approximate surface area is 150 Å². The fraction of sp³-hybridized carbons (Fsp3) is 0. The van der Waals surface area contributed by atoms with Crippen molar-refractivity contribution >= 4 is 7.32 Å². The average molecular weight is 386 g/mol. The summed E-state index contributed by atoms with van der Waals surface area (Å²) >= 11 is 0. The smallest absolute Gasteiger partial charge is 0.507 e. The number of rotatable bonds is 2. The molecule has 0 bridgehead atoms. The van der Waals surface area contributed by atoms with Crippen molar-refractivity contribution in [1.29, 1.82) is 0 Å². The molecule has 0 saturated heterocycles. The Bertz CT molecular complexity index is 700. The maximum absolute atomic E-state index is 12.7. The van der Waals surface area contributed by atoms with Crippen molar-refractivity contribution in [1.82, 2.24) is 9.97 Å². The Morgan fingerprint density at radius 2 is 0.926 bits per heavy atom. The van der Waals surface area contributed by atoms with Gasteiger partial charge in [0.2, 0.25) is 29.1 Å². The van der Waals surface area contributed by atoms with Crippen molar-refractivity contribution in [2.45, 2.75) is 0 Å². The average Bonchev–Trinajstić information content (AvgIpc) is 2.71. The summed E-state index contributed by atoms with van der Waals surface area (Å²) in [6.45, 7) is 0. The highest BCUT2D eigenvalue weighted by Crippen LogP contribution is 2.28. The molecule has 11 heteroatoms. The summed E-state index contributed by atoms with van der Waals surface area (Å²) in [7, 11) is -2.70. The predicted octanol–water partition coefficient (Wildman–Crippen LogP) is 2.89. The van der Waals surface area contributed by atoms with Gasteiger partial charge < -0.3 is 14.7 Å². The third kappa shape index (κ3) is 7.38. The lowest BCUT2D eigenvalue weighted by Gasteiger charge is -2.08. The highest BCUT2D eigenvalue weighted by molar-refractivity contribution is 6.33. The van der Waals surface area contributed by atoms with Gasteiger partial charge in [0.05, 0.1) is 0 Å². The Hall–Kier alpha value is -3.05. The molecule has 0 aliphatic heterocycles. The molecule has 0 saturated carbocycles. The Balaban J connectivity index is 0.000000246. The third-order valence-electron chi connectivity index (χ3n) is 2.53. The molecule has 0 aliphatic carbocycles. The van der Waals surface area contributed by atoms with Crippen molar-refractivity contribution in [3.63, 3.8) is 0 Å². The molecule has 0 radical (unpaired) electrons. The van der Waals surface area contributed by atoms with E-state index >= 15 is 0 Å². The van der Waals surface area contributed by atoms with Crippen LogP contribution in [0.15, 0.2) is 61.2 Å². The van der Waals surface area contributed by atoms with E-state index in [9.17, 15) is 22.0 Å². The van der Waals surface area contributed by atoms with Gasteiger partial charge in [-0.1, -0.05) is 12.1 Å². The van der Waals surface area contributed by atoms with E-state index in [1.54, 1.807) is 24.8 Å². The molecule has 3 aromatic rings. The summed E-state index contributed by atoms with van der Waals surface area (Å²) in [5.74, 6) is -13.1. The van der Waals surface area contributed by atoms with E-state index in [1.165, 1.54) is 0 Å². The number of halogens is 5. The van der Waals surface area contributed by atoms with Crippen LogP contribution in [0.3, 0.4) is 0 Å². The van der Waals surface area contributed by atoms with Gasteiger partial charge in [0, 0.05) is 24.8 Å². The summed E-state index contributed by atoms with van der Waals surface area (Å²) in [4.78, 5) is 7.57. The Morgan fingerprint density at radius 3 is 1.15 bits per heavy atom. The maximum atomic E-state index is 12.7. The van der Waals surface area contributed by atoms with Gasteiger partial charge in [0.1, 0.15) is 0 Å². The van der Waals surface area contributed by atoms with Crippen LogP contribution in [0.5, 0.6) is 5.75 Å². The number of aromatic nitrogens is 2. The van der Waals surface area contributed by atoms with Crippen LogP contribution in [0.25, 0.3) is 0 Å². The normalized spacial score (nSPS) is 9.30. The van der Waals surface area contributed by atoms with E-state index in [2.05, 4.69) is 14.6 Å². The molecule has 2 aromatic heterocycles. The van der Waals surface area contributed by atoms with Gasteiger partial charge in [-0.3, -0.25) is 9.97 Å². The fourth-order valence-electron chi connectivity index (χ4n) is 1.42. The summed E-state index contributed by atoms with van der Waals surface area (Å²) in [5.41, 5.74) is 0. The van der Waals surface area contributed by atoms with Crippen LogP contribution in [0, 0.1) is 29.1 Å². The van der Waals surface area contributed by atoms with Crippen LogP contribution >= 0.6 is 0 Å². The van der Waals surface area contributed by atoms with Crippen molar-refractivity contribution < 1.29 is 36.7 Å². The largest absolute Gasteiger partial charge is 0.707 e. The number of pyridine rings is 2. The highest BCUT2D eigenvalue weighted by Gasteiger charge is 2.29. The minimum Gasteiger partial charge on any atom is -0.507 e. The van der Waals surface area contributed by atoms with Crippen LogP contribution < -0.4 is 4.65 Å². The Morgan fingerprint density at radius 1 is 0.593 bits per heavy atom. The number of hydrogen-bond donors (Lipinski definition) is 2. The van der Waals surface area contributed by atoms with E-state index in [0.29, 0.717) is 0 Å². The molecule has 0 amide bonds. The summed E-state index contributed by atoms with van der Waals surface area (Å²) in [5, 5.41) is 16.3. The fourth-order valence-corrected chi connectivity index (χ4v) is 1.42. The highest BCUT2D eigenvalue weighted by atomic mass is 19.2. The Kier molecular flexibility index (Phi) is 9.41. The lowest BCUT2D eigenvalue weighted by Crippen LogP contribution is -2.23. The van der Waals surface area contributed by atoms with E-state index in [0.717, 1.165) is 0 Å². The van der Waals surface area contributed by atoms with Crippen molar-refractivity contribution in [3.8, 4) is 5.75 Å². The molecule has 27 heavy (non-hydrogen) atoms. The molecule has 5 nitrogen and oxygen atoms in total. The van der Waals surface area contributed by atoms with Gasteiger partial charge in [0.15, 0.2) is 5.75 Å². The molecule has 0 unspecified atom stereocenters.